The van der Waals surface area contributed by atoms with Crippen LogP contribution in [0.5, 0.6) is 11.6 Å². The summed E-state index contributed by atoms with van der Waals surface area (Å²) in [6.07, 6.45) is 7.80. The molecule has 1 aliphatic heterocycles. The van der Waals surface area contributed by atoms with Crippen LogP contribution in [-0.4, -0.2) is 68.2 Å². The zero-order valence-corrected chi connectivity index (χ0v) is 17.2. The Bertz CT molecular complexity index is 1080. The minimum atomic E-state index is -0.541. The molecule has 11 nitrogen and oxygen atoms in total. The van der Waals surface area contributed by atoms with Crippen molar-refractivity contribution in [2.75, 3.05) is 36.9 Å². The fraction of sp³-hybridized carbons (Fsp3) is 0.286. The van der Waals surface area contributed by atoms with Crippen molar-refractivity contribution in [2.45, 2.75) is 12.8 Å². The Morgan fingerprint density at radius 3 is 2.69 bits per heavy atom. The predicted octanol–water partition coefficient (Wildman–Crippen LogP) is 1.88. The first kappa shape index (κ1) is 21.2. The molecule has 1 fully saturated rings. The van der Waals surface area contributed by atoms with E-state index in [0.29, 0.717) is 18.2 Å². The number of rotatable bonds is 8. The van der Waals surface area contributed by atoms with Gasteiger partial charge in [0.15, 0.2) is 0 Å². The van der Waals surface area contributed by atoms with Crippen molar-refractivity contribution in [2.24, 2.45) is 0 Å². The van der Waals surface area contributed by atoms with E-state index in [2.05, 4.69) is 35.7 Å². The van der Waals surface area contributed by atoms with Gasteiger partial charge in [-0.05, 0) is 38.1 Å². The molecule has 0 atom stereocenters. The molecule has 1 saturated heterocycles. The van der Waals surface area contributed by atoms with Crippen molar-refractivity contribution < 1.29 is 19.4 Å². The molecular formula is C21H23N7O4. The normalized spacial score (nSPS) is 13.6. The lowest BCUT2D eigenvalue weighted by atomic mass is 10.2. The Morgan fingerprint density at radius 1 is 1.09 bits per heavy atom. The number of aromatic amines is 1. The Balaban J connectivity index is 1.32. The van der Waals surface area contributed by atoms with Gasteiger partial charge in [0.1, 0.15) is 18.1 Å². The molecule has 0 saturated carbocycles. The largest absolute Gasteiger partial charge is 0.506 e. The summed E-state index contributed by atoms with van der Waals surface area (Å²) >= 11 is 0. The number of hydrogen-bond donors (Lipinski definition) is 4. The van der Waals surface area contributed by atoms with E-state index in [4.69, 9.17) is 4.74 Å². The lowest BCUT2D eigenvalue weighted by molar-refractivity contribution is 0.102. The predicted molar refractivity (Wildman–Crippen MR) is 116 cm³/mol. The highest BCUT2D eigenvalue weighted by Crippen LogP contribution is 2.18. The molecule has 1 aliphatic rings. The highest BCUT2D eigenvalue weighted by Gasteiger charge is 2.18. The van der Waals surface area contributed by atoms with Gasteiger partial charge in [-0.25, -0.2) is 4.98 Å². The van der Waals surface area contributed by atoms with Crippen LogP contribution in [-0.2, 0) is 0 Å². The molecule has 0 aromatic carbocycles. The second-order valence-electron chi connectivity index (χ2n) is 7.28. The zero-order chi connectivity index (χ0) is 22.3. The maximum absolute atomic E-state index is 12.6. The molecule has 32 heavy (non-hydrogen) atoms. The first-order valence-electron chi connectivity index (χ1n) is 10.2. The highest BCUT2D eigenvalue weighted by molar-refractivity contribution is 6.11. The van der Waals surface area contributed by atoms with Crippen molar-refractivity contribution >= 4 is 23.2 Å². The van der Waals surface area contributed by atoms with E-state index in [0.717, 1.165) is 19.6 Å². The number of nitrogens with zero attached hydrogens (tertiary/aromatic N) is 4. The number of hydrogen-bond acceptors (Lipinski definition) is 8. The van der Waals surface area contributed by atoms with Gasteiger partial charge in [0, 0.05) is 18.8 Å². The van der Waals surface area contributed by atoms with Crippen molar-refractivity contribution in [3.63, 3.8) is 0 Å². The number of ether oxygens (including phenoxy) is 1. The maximum atomic E-state index is 12.6. The average molecular weight is 437 g/mol. The summed E-state index contributed by atoms with van der Waals surface area (Å²) in [4.78, 5) is 35.3. The lowest BCUT2D eigenvalue weighted by Crippen LogP contribution is -2.25. The van der Waals surface area contributed by atoms with Crippen molar-refractivity contribution in [1.82, 2.24) is 25.1 Å². The fourth-order valence-corrected chi connectivity index (χ4v) is 3.32. The van der Waals surface area contributed by atoms with E-state index in [-0.39, 0.29) is 22.7 Å². The monoisotopic (exact) mass is 437 g/mol. The smallest absolute Gasteiger partial charge is 0.275 e. The molecular weight excluding hydrogens is 414 g/mol. The van der Waals surface area contributed by atoms with Crippen LogP contribution in [0.25, 0.3) is 0 Å². The molecule has 0 unspecified atom stereocenters. The third-order valence-corrected chi connectivity index (χ3v) is 4.95. The van der Waals surface area contributed by atoms with Crippen LogP contribution < -0.4 is 15.4 Å². The molecule has 4 heterocycles. The molecule has 3 aromatic rings. The Kier molecular flexibility index (Phi) is 6.56. The summed E-state index contributed by atoms with van der Waals surface area (Å²) in [5, 5.41) is 21.1. The molecule has 0 radical (unpaired) electrons. The first-order valence-corrected chi connectivity index (χ1v) is 10.2. The zero-order valence-electron chi connectivity index (χ0n) is 17.2. The van der Waals surface area contributed by atoms with Gasteiger partial charge in [0.25, 0.3) is 11.8 Å². The first-order chi connectivity index (χ1) is 15.6. The van der Waals surface area contributed by atoms with Crippen LogP contribution in [0, 0.1) is 0 Å². The Hall–Kier alpha value is -3.99. The number of pyridine rings is 2. The molecule has 0 bridgehead atoms. The summed E-state index contributed by atoms with van der Waals surface area (Å²) in [7, 11) is 0. The summed E-state index contributed by atoms with van der Waals surface area (Å²) in [6.45, 7) is 3.66. The molecule has 2 amide bonds. The molecule has 166 valence electrons. The third kappa shape index (κ3) is 5.38. The number of aromatic nitrogens is 4. The van der Waals surface area contributed by atoms with Crippen molar-refractivity contribution in [3.05, 3.63) is 54.2 Å². The maximum Gasteiger partial charge on any atom is 0.275 e. The Labute approximate surface area is 183 Å². The van der Waals surface area contributed by atoms with Crippen molar-refractivity contribution in [1.29, 1.82) is 0 Å². The summed E-state index contributed by atoms with van der Waals surface area (Å²) < 4.78 is 5.66. The minimum absolute atomic E-state index is 0.0670. The molecule has 3 aromatic heterocycles. The van der Waals surface area contributed by atoms with Crippen LogP contribution >= 0.6 is 0 Å². The number of amides is 2. The Morgan fingerprint density at radius 2 is 1.94 bits per heavy atom. The third-order valence-electron chi connectivity index (χ3n) is 4.95. The fourth-order valence-electron chi connectivity index (χ4n) is 3.32. The topological polar surface area (TPSA) is 145 Å². The van der Waals surface area contributed by atoms with Crippen LogP contribution in [0.2, 0.25) is 0 Å². The second kappa shape index (κ2) is 9.88. The number of anilines is 2. The van der Waals surface area contributed by atoms with Gasteiger partial charge in [0.05, 0.1) is 35.5 Å². The van der Waals surface area contributed by atoms with Gasteiger partial charge >= 0.3 is 0 Å². The number of nitrogens with one attached hydrogen (secondary N) is 3. The number of likely N-dealkylation sites (tertiary alicyclic amines) is 1. The van der Waals surface area contributed by atoms with Gasteiger partial charge < -0.3 is 20.5 Å². The van der Waals surface area contributed by atoms with E-state index in [9.17, 15) is 14.7 Å². The highest BCUT2D eigenvalue weighted by atomic mass is 16.5. The second-order valence-corrected chi connectivity index (χ2v) is 7.28. The lowest BCUT2D eigenvalue weighted by Gasteiger charge is -2.14. The molecule has 0 spiro atoms. The van der Waals surface area contributed by atoms with E-state index in [1.807, 2.05) is 0 Å². The number of carbonyl (C=O) groups is 2. The minimum Gasteiger partial charge on any atom is -0.506 e. The SMILES string of the molecule is O=C(Nc1cn[nH]c1C(=O)Nc1ccc(OCCN2CCCC2)nc1)c1cncc(O)c1. The van der Waals surface area contributed by atoms with Gasteiger partial charge in [-0.3, -0.25) is 24.6 Å². The number of carbonyl (C=O) groups excluding carboxylic acids is 2. The van der Waals surface area contributed by atoms with E-state index in [1.165, 1.54) is 43.7 Å². The van der Waals surface area contributed by atoms with Gasteiger partial charge in [-0.1, -0.05) is 0 Å². The number of H-pyrrole nitrogens is 1. The van der Waals surface area contributed by atoms with Gasteiger partial charge in [-0.2, -0.15) is 5.10 Å². The van der Waals surface area contributed by atoms with E-state index >= 15 is 0 Å². The quantitative estimate of drug-likeness (QED) is 0.418. The number of aromatic hydroxyl groups is 1. The summed E-state index contributed by atoms with van der Waals surface area (Å²) in [5.74, 6) is -0.701. The average Bonchev–Trinajstić information content (AvgIpc) is 3.47. The van der Waals surface area contributed by atoms with Crippen LogP contribution in [0.15, 0.2) is 43.0 Å². The standard InChI is InChI=1S/C21H23N7O4/c29-16-9-14(10-22-12-16)20(30)26-17-13-24-27-19(17)21(31)25-15-3-4-18(23-11-15)32-8-7-28-5-1-2-6-28/h3-4,9-13,29H,1-2,5-8H2,(H,24,27)(H,25,31)(H,26,30). The van der Waals surface area contributed by atoms with Crippen LogP contribution in [0.1, 0.15) is 33.7 Å². The van der Waals surface area contributed by atoms with Crippen LogP contribution in [0.3, 0.4) is 0 Å². The molecule has 11 heteroatoms. The van der Waals surface area contributed by atoms with Gasteiger partial charge in [0.2, 0.25) is 5.88 Å². The molecule has 4 rings (SSSR count). The summed E-state index contributed by atoms with van der Waals surface area (Å²) in [6, 6.07) is 4.63. The molecule has 0 aliphatic carbocycles. The van der Waals surface area contributed by atoms with Crippen LogP contribution in [0.4, 0.5) is 11.4 Å². The van der Waals surface area contributed by atoms with Gasteiger partial charge in [-0.15, -0.1) is 0 Å². The van der Waals surface area contributed by atoms with E-state index < -0.39 is 11.8 Å². The summed E-state index contributed by atoms with van der Waals surface area (Å²) in [5.41, 5.74) is 0.857. The molecule has 4 N–H and O–H groups in total. The van der Waals surface area contributed by atoms with Crippen molar-refractivity contribution in [3.8, 4) is 11.6 Å². The van der Waals surface area contributed by atoms with E-state index in [1.54, 1.807) is 12.1 Å².